The van der Waals surface area contributed by atoms with Gasteiger partial charge in [0.2, 0.25) is 10.0 Å². The van der Waals surface area contributed by atoms with Crippen molar-refractivity contribution >= 4 is 27.3 Å². The van der Waals surface area contributed by atoms with Crippen molar-refractivity contribution < 1.29 is 18.1 Å². The molecule has 27 heavy (non-hydrogen) atoms. The predicted molar refractivity (Wildman–Crippen MR) is 102 cm³/mol. The number of carbonyl (C=O) groups excluding carboxylic acids is 1. The molecule has 9 heteroatoms. The molecule has 2 aromatic carbocycles. The molecule has 2 rings (SSSR count). The highest BCUT2D eigenvalue weighted by Crippen LogP contribution is 2.22. The van der Waals surface area contributed by atoms with Crippen LogP contribution in [0.3, 0.4) is 0 Å². The summed E-state index contributed by atoms with van der Waals surface area (Å²) < 4.78 is 27.1. The topological polar surface area (TPSA) is 118 Å². The van der Waals surface area contributed by atoms with Crippen LogP contribution in [0.15, 0.2) is 47.4 Å². The van der Waals surface area contributed by atoms with Crippen molar-refractivity contribution in [2.45, 2.75) is 31.6 Å². The largest absolute Gasteiger partial charge is 0.322 e. The second-order valence-corrected chi connectivity index (χ2v) is 7.76. The summed E-state index contributed by atoms with van der Waals surface area (Å²) in [6.07, 6.45) is 1.58. The van der Waals surface area contributed by atoms with Gasteiger partial charge in [0.05, 0.1) is 9.82 Å². The van der Waals surface area contributed by atoms with Crippen LogP contribution < -0.4 is 10.0 Å². The van der Waals surface area contributed by atoms with Crippen molar-refractivity contribution in [2.24, 2.45) is 0 Å². The summed E-state index contributed by atoms with van der Waals surface area (Å²) in [7, 11) is -3.69. The highest BCUT2D eigenvalue weighted by molar-refractivity contribution is 7.89. The van der Waals surface area contributed by atoms with Gasteiger partial charge in [-0.15, -0.1) is 0 Å². The lowest BCUT2D eigenvalue weighted by atomic mass is 10.1. The minimum atomic E-state index is -3.69. The van der Waals surface area contributed by atoms with Crippen molar-refractivity contribution in [3.05, 3.63) is 63.7 Å². The number of nitrogens with zero attached hydrogens (tertiary/aromatic N) is 1. The summed E-state index contributed by atoms with van der Waals surface area (Å²) in [5.41, 5.74) is 1.05. The Morgan fingerprint density at radius 2 is 1.93 bits per heavy atom. The van der Waals surface area contributed by atoms with E-state index in [9.17, 15) is 23.3 Å². The Bertz CT molecular complexity index is 957. The first-order valence-corrected chi connectivity index (χ1v) is 9.89. The Hall–Kier alpha value is -2.78. The summed E-state index contributed by atoms with van der Waals surface area (Å²) in [6, 6.07) is 9.80. The number of benzene rings is 2. The molecular weight excluding hydrogens is 370 g/mol. The van der Waals surface area contributed by atoms with E-state index in [2.05, 4.69) is 10.0 Å². The molecule has 0 spiro atoms. The number of hydrogen-bond donors (Lipinski definition) is 2. The van der Waals surface area contributed by atoms with Gasteiger partial charge in [0, 0.05) is 29.9 Å². The first kappa shape index (κ1) is 20.5. The lowest BCUT2D eigenvalue weighted by molar-refractivity contribution is -0.384. The number of carbonyl (C=O) groups is 1. The molecule has 144 valence electrons. The fourth-order valence-electron chi connectivity index (χ4n) is 2.37. The number of nitro benzene ring substituents is 1. The van der Waals surface area contributed by atoms with Crippen molar-refractivity contribution in [1.82, 2.24) is 4.72 Å². The van der Waals surface area contributed by atoms with E-state index in [0.717, 1.165) is 12.8 Å². The van der Waals surface area contributed by atoms with Crippen LogP contribution in [0.4, 0.5) is 11.4 Å². The van der Waals surface area contributed by atoms with Gasteiger partial charge in [-0.3, -0.25) is 14.9 Å². The van der Waals surface area contributed by atoms with E-state index in [-0.39, 0.29) is 16.1 Å². The quantitative estimate of drug-likeness (QED) is 0.407. The highest BCUT2D eigenvalue weighted by atomic mass is 32.2. The maximum atomic E-state index is 12.5. The SMILES string of the molecule is CCCCNS(=O)(=O)c1cccc(C(=O)Nc2ccc([N+](=O)[O-])cc2C)c1. The number of unbranched alkanes of at least 4 members (excludes halogenated alkanes) is 1. The fourth-order valence-corrected chi connectivity index (χ4v) is 3.49. The van der Waals surface area contributed by atoms with Crippen LogP contribution in [0.2, 0.25) is 0 Å². The van der Waals surface area contributed by atoms with E-state index < -0.39 is 20.9 Å². The third kappa shape index (κ3) is 5.35. The molecular formula is C18H21N3O5S. The van der Waals surface area contributed by atoms with Crippen molar-refractivity contribution in [3.63, 3.8) is 0 Å². The van der Waals surface area contributed by atoms with E-state index in [1.54, 1.807) is 6.92 Å². The Morgan fingerprint density at radius 1 is 1.19 bits per heavy atom. The lowest BCUT2D eigenvalue weighted by Crippen LogP contribution is -2.25. The minimum absolute atomic E-state index is 0.00618. The van der Waals surface area contributed by atoms with Crippen LogP contribution in [0.25, 0.3) is 0 Å². The molecule has 0 aromatic heterocycles. The van der Waals surface area contributed by atoms with E-state index in [0.29, 0.717) is 17.8 Å². The number of rotatable bonds is 8. The van der Waals surface area contributed by atoms with Gasteiger partial charge in [0.15, 0.2) is 0 Å². The first-order chi connectivity index (χ1) is 12.7. The zero-order valence-corrected chi connectivity index (χ0v) is 15.9. The molecule has 0 heterocycles. The number of non-ortho nitro benzene ring substituents is 1. The average molecular weight is 391 g/mol. The van der Waals surface area contributed by atoms with Gasteiger partial charge in [-0.1, -0.05) is 19.4 Å². The molecule has 0 aliphatic heterocycles. The number of aryl methyl sites for hydroxylation is 1. The molecule has 0 aliphatic carbocycles. The smallest absolute Gasteiger partial charge is 0.269 e. The molecule has 2 N–H and O–H groups in total. The summed E-state index contributed by atoms with van der Waals surface area (Å²) >= 11 is 0. The lowest BCUT2D eigenvalue weighted by Gasteiger charge is -2.10. The third-order valence-corrected chi connectivity index (χ3v) is 5.36. The van der Waals surface area contributed by atoms with Crippen molar-refractivity contribution in [1.29, 1.82) is 0 Å². The molecule has 0 atom stereocenters. The number of nitrogens with one attached hydrogen (secondary N) is 2. The van der Waals surface area contributed by atoms with Gasteiger partial charge in [0.25, 0.3) is 11.6 Å². The van der Waals surface area contributed by atoms with Gasteiger partial charge in [-0.05, 0) is 43.2 Å². The molecule has 0 saturated carbocycles. The molecule has 0 fully saturated rings. The number of hydrogen-bond acceptors (Lipinski definition) is 5. The molecule has 0 radical (unpaired) electrons. The van der Waals surface area contributed by atoms with Crippen LogP contribution in [-0.2, 0) is 10.0 Å². The Labute approximate surface area is 157 Å². The number of amides is 1. The van der Waals surface area contributed by atoms with Crippen LogP contribution >= 0.6 is 0 Å². The Kier molecular flexibility index (Phi) is 6.65. The fraction of sp³-hybridized carbons (Fsp3) is 0.278. The van der Waals surface area contributed by atoms with E-state index in [1.165, 1.54) is 42.5 Å². The maximum absolute atomic E-state index is 12.5. The van der Waals surface area contributed by atoms with Crippen molar-refractivity contribution in [3.8, 4) is 0 Å². The molecule has 8 nitrogen and oxygen atoms in total. The predicted octanol–water partition coefficient (Wildman–Crippen LogP) is 3.23. The summed E-state index contributed by atoms with van der Waals surface area (Å²) in [5.74, 6) is -0.502. The van der Waals surface area contributed by atoms with Crippen LogP contribution in [0, 0.1) is 17.0 Å². The van der Waals surface area contributed by atoms with Gasteiger partial charge in [-0.2, -0.15) is 0 Å². The molecule has 0 aliphatic rings. The number of sulfonamides is 1. The second kappa shape index (κ2) is 8.74. The Morgan fingerprint density at radius 3 is 2.56 bits per heavy atom. The van der Waals surface area contributed by atoms with Crippen LogP contribution in [-0.4, -0.2) is 25.8 Å². The number of nitro groups is 1. The van der Waals surface area contributed by atoms with Gasteiger partial charge < -0.3 is 5.32 Å². The average Bonchev–Trinajstić information content (AvgIpc) is 2.63. The van der Waals surface area contributed by atoms with Crippen molar-refractivity contribution in [2.75, 3.05) is 11.9 Å². The molecule has 2 aromatic rings. The molecule has 0 saturated heterocycles. The third-order valence-electron chi connectivity index (χ3n) is 3.90. The summed E-state index contributed by atoms with van der Waals surface area (Å²) in [4.78, 5) is 22.7. The van der Waals surface area contributed by atoms with Gasteiger partial charge in [0.1, 0.15) is 0 Å². The second-order valence-electron chi connectivity index (χ2n) is 5.99. The normalized spacial score (nSPS) is 11.2. The zero-order chi connectivity index (χ0) is 20.0. The maximum Gasteiger partial charge on any atom is 0.269 e. The van der Waals surface area contributed by atoms with Crippen LogP contribution in [0.1, 0.15) is 35.7 Å². The monoisotopic (exact) mass is 391 g/mol. The van der Waals surface area contributed by atoms with Gasteiger partial charge >= 0.3 is 0 Å². The summed E-state index contributed by atoms with van der Waals surface area (Å²) in [6.45, 7) is 3.93. The Balaban J connectivity index is 2.19. The zero-order valence-electron chi connectivity index (χ0n) is 15.1. The molecule has 0 bridgehead atoms. The van der Waals surface area contributed by atoms with Crippen LogP contribution in [0.5, 0.6) is 0 Å². The minimum Gasteiger partial charge on any atom is -0.322 e. The van der Waals surface area contributed by atoms with E-state index >= 15 is 0 Å². The number of anilines is 1. The van der Waals surface area contributed by atoms with Gasteiger partial charge in [-0.25, -0.2) is 13.1 Å². The standard InChI is InChI=1S/C18H21N3O5S/c1-3-4-10-19-27(25,26)16-7-5-6-14(12-16)18(22)20-17-9-8-15(21(23)24)11-13(17)2/h5-9,11-12,19H,3-4,10H2,1-2H3,(H,20,22). The molecule has 0 unspecified atom stereocenters. The summed E-state index contributed by atoms with van der Waals surface area (Å²) in [5, 5.41) is 13.4. The first-order valence-electron chi connectivity index (χ1n) is 8.40. The highest BCUT2D eigenvalue weighted by Gasteiger charge is 2.17. The van der Waals surface area contributed by atoms with E-state index in [4.69, 9.17) is 0 Å². The van der Waals surface area contributed by atoms with E-state index in [1.807, 2.05) is 6.92 Å². The molecule has 1 amide bonds.